The lowest BCUT2D eigenvalue weighted by molar-refractivity contribution is -0.135. The molecule has 0 aromatic carbocycles. The average Bonchev–Trinajstić information content (AvgIpc) is 2.11. The molecule has 0 aliphatic heterocycles. The molecular formula is C12H23BrN2O2. The van der Waals surface area contributed by atoms with Gasteiger partial charge >= 0.3 is 0 Å². The molecule has 1 N–H and O–H groups in total. The summed E-state index contributed by atoms with van der Waals surface area (Å²) >= 11 is 3.34. The standard InChI is InChI=1S/C12H23BrN2O2/c1-8(2)10(13)11(17)15(6)7-9(16)14-12(3,4)5/h8,10H,7H2,1-6H3,(H,14,16). The summed E-state index contributed by atoms with van der Waals surface area (Å²) in [5.41, 5.74) is -0.271. The predicted molar refractivity (Wildman–Crippen MR) is 73.1 cm³/mol. The van der Waals surface area contributed by atoms with E-state index in [1.165, 1.54) is 4.90 Å². The molecule has 0 saturated heterocycles. The molecule has 0 bridgehead atoms. The number of hydrogen-bond donors (Lipinski definition) is 1. The fraction of sp³-hybridized carbons (Fsp3) is 0.833. The lowest BCUT2D eigenvalue weighted by Crippen LogP contribution is -2.47. The van der Waals surface area contributed by atoms with Crippen LogP contribution in [0.5, 0.6) is 0 Å². The minimum Gasteiger partial charge on any atom is -0.350 e. The molecule has 4 nitrogen and oxygen atoms in total. The summed E-state index contributed by atoms with van der Waals surface area (Å²) in [5, 5.41) is 2.82. The molecule has 0 aliphatic carbocycles. The van der Waals surface area contributed by atoms with Gasteiger partial charge in [-0.1, -0.05) is 29.8 Å². The van der Waals surface area contributed by atoms with Gasteiger partial charge in [-0.15, -0.1) is 0 Å². The van der Waals surface area contributed by atoms with Gasteiger partial charge in [0.1, 0.15) is 0 Å². The van der Waals surface area contributed by atoms with Crippen molar-refractivity contribution in [3.8, 4) is 0 Å². The van der Waals surface area contributed by atoms with Gasteiger partial charge < -0.3 is 10.2 Å². The second-order valence-corrected chi connectivity index (χ2v) is 6.62. The molecule has 2 amide bonds. The van der Waals surface area contributed by atoms with E-state index in [-0.39, 0.29) is 34.6 Å². The van der Waals surface area contributed by atoms with Crippen LogP contribution in [0.25, 0.3) is 0 Å². The minimum absolute atomic E-state index is 0.0657. The number of nitrogens with one attached hydrogen (secondary N) is 1. The van der Waals surface area contributed by atoms with E-state index >= 15 is 0 Å². The second-order valence-electron chi connectivity index (χ2n) is 5.64. The molecule has 0 fully saturated rings. The third kappa shape index (κ3) is 6.66. The van der Waals surface area contributed by atoms with Crippen LogP contribution < -0.4 is 5.32 Å². The van der Waals surface area contributed by atoms with Crippen molar-refractivity contribution in [3.63, 3.8) is 0 Å². The minimum atomic E-state index is -0.271. The van der Waals surface area contributed by atoms with Crippen molar-refractivity contribution >= 4 is 27.7 Å². The molecule has 0 aliphatic rings. The van der Waals surface area contributed by atoms with Gasteiger partial charge in [0.15, 0.2) is 0 Å². The summed E-state index contributed by atoms with van der Waals surface area (Å²) in [6, 6.07) is 0. The summed E-state index contributed by atoms with van der Waals surface area (Å²) in [6.07, 6.45) is 0. The maximum absolute atomic E-state index is 11.9. The molecular weight excluding hydrogens is 284 g/mol. The number of carbonyl (C=O) groups excluding carboxylic acids is 2. The van der Waals surface area contributed by atoms with Gasteiger partial charge in [0.2, 0.25) is 11.8 Å². The largest absolute Gasteiger partial charge is 0.350 e. The van der Waals surface area contributed by atoms with Gasteiger partial charge in [-0.2, -0.15) is 0 Å². The van der Waals surface area contributed by atoms with Crippen LogP contribution in [0, 0.1) is 5.92 Å². The molecule has 0 saturated carbocycles. The zero-order valence-corrected chi connectivity index (χ0v) is 13.1. The molecule has 0 aromatic rings. The van der Waals surface area contributed by atoms with Crippen molar-refractivity contribution in [2.75, 3.05) is 13.6 Å². The van der Waals surface area contributed by atoms with Crippen molar-refractivity contribution in [3.05, 3.63) is 0 Å². The van der Waals surface area contributed by atoms with Gasteiger partial charge in [-0.05, 0) is 26.7 Å². The number of nitrogens with zero attached hydrogens (tertiary/aromatic N) is 1. The van der Waals surface area contributed by atoms with Gasteiger partial charge in [0, 0.05) is 12.6 Å². The molecule has 5 heteroatoms. The first-order valence-electron chi connectivity index (χ1n) is 5.74. The van der Waals surface area contributed by atoms with E-state index in [0.29, 0.717) is 0 Å². The molecule has 1 unspecified atom stereocenters. The first-order valence-corrected chi connectivity index (χ1v) is 6.66. The SMILES string of the molecule is CC(C)C(Br)C(=O)N(C)CC(=O)NC(C)(C)C. The number of hydrogen-bond acceptors (Lipinski definition) is 2. The topological polar surface area (TPSA) is 49.4 Å². The van der Waals surface area contributed by atoms with E-state index < -0.39 is 0 Å². The highest BCUT2D eigenvalue weighted by Crippen LogP contribution is 2.14. The van der Waals surface area contributed by atoms with Crippen LogP contribution in [-0.4, -0.2) is 40.7 Å². The Balaban J connectivity index is 4.31. The smallest absolute Gasteiger partial charge is 0.240 e. The number of carbonyl (C=O) groups is 2. The van der Waals surface area contributed by atoms with Crippen molar-refractivity contribution < 1.29 is 9.59 Å². The first-order chi connectivity index (χ1) is 7.54. The molecule has 17 heavy (non-hydrogen) atoms. The van der Waals surface area contributed by atoms with E-state index in [2.05, 4.69) is 21.2 Å². The Morgan fingerprint density at radius 1 is 1.29 bits per heavy atom. The Bertz CT molecular complexity index is 285. The number of halogens is 1. The first kappa shape index (κ1) is 16.4. The monoisotopic (exact) mass is 306 g/mol. The van der Waals surface area contributed by atoms with Crippen LogP contribution in [0.3, 0.4) is 0 Å². The summed E-state index contributed by atoms with van der Waals surface area (Å²) in [4.78, 5) is 24.7. The van der Waals surface area contributed by atoms with Crippen LogP contribution in [0.15, 0.2) is 0 Å². The van der Waals surface area contributed by atoms with Crippen LogP contribution in [0.4, 0.5) is 0 Å². The maximum Gasteiger partial charge on any atom is 0.240 e. The van der Waals surface area contributed by atoms with Gasteiger partial charge in [-0.3, -0.25) is 9.59 Å². The van der Waals surface area contributed by atoms with Crippen molar-refractivity contribution in [1.82, 2.24) is 10.2 Å². The fourth-order valence-electron chi connectivity index (χ4n) is 1.25. The summed E-state index contributed by atoms with van der Waals surface area (Å²) in [7, 11) is 1.64. The normalized spacial score (nSPS) is 13.4. The fourth-order valence-corrected chi connectivity index (χ4v) is 1.60. The Morgan fingerprint density at radius 3 is 2.12 bits per heavy atom. The third-order valence-corrected chi connectivity index (χ3v) is 3.54. The Morgan fingerprint density at radius 2 is 1.76 bits per heavy atom. The van der Waals surface area contributed by atoms with E-state index in [0.717, 1.165) is 0 Å². The summed E-state index contributed by atoms with van der Waals surface area (Å²) < 4.78 is 0. The zero-order valence-electron chi connectivity index (χ0n) is 11.5. The Kier molecular flexibility index (Phi) is 6.16. The van der Waals surface area contributed by atoms with Crippen molar-refractivity contribution in [1.29, 1.82) is 0 Å². The highest BCUT2D eigenvalue weighted by Gasteiger charge is 2.24. The third-order valence-electron chi connectivity index (χ3n) is 2.09. The molecule has 1 atom stereocenters. The lowest BCUT2D eigenvalue weighted by atomic mass is 10.1. The van der Waals surface area contributed by atoms with Crippen LogP contribution in [0.1, 0.15) is 34.6 Å². The van der Waals surface area contributed by atoms with Crippen LogP contribution in [0.2, 0.25) is 0 Å². The van der Waals surface area contributed by atoms with Crippen molar-refractivity contribution in [2.24, 2.45) is 5.92 Å². The number of amides is 2. The second kappa shape index (κ2) is 6.38. The number of rotatable bonds is 4. The van der Waals surface area contributed by atoms with Gasteiger partial charge in [0.25, 0.3) is 0 Å². The van der Waals surface area contributed by atoms with Crippen LogP contribution in [-0.2, 0) is 9.59 Å². The highest BCUT2D eigenvalue weighted by molar-refractivity contribution is 9.10. The van der Waals surface area contributed by atoms with E-state index in [9.17, 15) is 9.59 Å². The van der Waals surface area contributed by atoms with E-state index in [1.807, 2.05) is 34.6 Å². The number of alkyl halides is 1. The molecule has 0 radical (unpaired) electrons. The van der Waals surface area contributed by atoms with Crippen LogP contribution >= 0.6 is 15.9 Å². The lowest BCUT2D eigenvalue weighted by Gasteiger charge is -2.25. The van der Waals surface area contributed by atoms with Gasteiger partial charge in [-0.25, -0.2) is 0 Å². The quantitative estimate of drug-likeness (QED) is 0.805. The van der Waals surface area contributed by atoms with E-state index in [4.69, 9.17) is 0 Å². The molecule has 0 rings (SSSR count). The van der Waals surface area contributed by atoms with Crippen molar-refractivity contribution in [2.45, 2.75) is 45.0 Å². The highest BCUT2D eigenvalue weighted by atomic mass is 79.9. The average molecular weight is 307 g/mol. The summed E-state index contributed by atoms with van der Waals surface area (Å²) in [5.74, 6) is -0.00325. The maximum atomic E-state index is 11.9. The Labute approximate surface area is 112 Å². The molecule has 0 spiro atoms. The zero-order chi connectivity index (χ0) is 13.8. The molecule has 0 aromatic heterocycles. The Hall–Kier alpha value is -0.580. The number of likely N-dealkylation sites (N-methyl/N-ethyl adjacent to an activating group) is 1. The molecule has 0 heterocycles. The predicted octanol–water partition coefficient (Wildman–Crippen LogP) is 1.78. The summed E-state index contributed by atoms with van der Waals surface area (Å²) in [6.45, 7) is 9.74. The van der Waals surface area contributed by atoms with E-state index in [1.54, 1.807) is 7.05 Å². The molecule has 100 valence electrons. The van der Waals surface area contributed by atoms with Gasteiger partial charge in [0.05, 0.1) is 11.4 Å².